The van der Waals surface area contributed by atoms with Crippen LogP contribution in [0.4, 0.5) is 0 Å². The zero-order valence-corrected chi connectivity index (χ0v) is 9.00. The second-order valence-electron chi connectivity index (χ2n) is 2.56. The lowest BCUT2D eigenvalue weighted by Gasteiger charge is -1.93. The van der Waals surface area contributed by atoms with E-state index in [1.165, 1.54) is 6.42 Å². The van der Waals surface area contributed by atoms with Crippen molar-refractivity contribution in [3.05, 3.63) is 24.2 Å². The molecule has 1 nitrogen and oxygen atoms in total. The van der Waals surface area contributed by atoms with Crippen molar-refractivity contribution in [1.29, 1.82) is 0 Å². The molecule has 1 heterocycles. The van der Waals surface area contributed by atoms with Crippen LogP contribution < -0.4 is 0 Å². The highest BCUT2D eigenvalue weighted by atomic mass is 127. The van der Waals surface area contributed by atoms with Gasteiger partial charge in [-0.2, -0.15) is 0 Å². The predicted molar refractivity (Wildman–Crippen MR) is 58.1 cm³/mol. The van der Waals surface area contributed by atoms with Gasteiger partial charge in [0.15, 0.2) is 0 Å². The molecule has 0 aliphatic carbocycles. The first-order valence-electron chi connectivity index (χ1n) is 4.04. The molecule has 12 heavy (non-hydrogen) atoms. The van der Waals surface area contributed by atoms with Gasteiger partial charge in [-0.25, -0.2) is 0 Å². The van der Waals surface area contributed by atoms with Gasteiger partial charge in [-0.3, -0.25) is 0 Å². The maximum absolute atomic E-state index is 5.20. The van der Waals surface area contributed by atoms with Gasteiger partial charge in [-0.1, -0.05) is 5.92 Å². The van der Waals surface area contributed by atoms with E-state index in [9.17, 15) is 0 Å². The standard InChI is InChI=1S/C10H11IO/c11-8-4-2-1-3-6-10-7-5-9-12-10/h5,7,9H,1-3,6H2. The Balaban J connectivity index is 2.06. The molecule has 0 aliphatic rings. The molecule has 0 saturated carbocycles. The summed E-state index contributed by atoms with van der Waals surface area (Å²) in [4.78, 5) is 0. The average molecular weight is 274 g/mol. The zero-order chi connectivity index (χ0) is 8.65. The summed E-state index contributed by atoms with van der Waals surface area (Å²) in [6, 6.07) is 3.95. The van der Waals surface area contributed by atoms with Crippen LogP contribution in [0.2, 0.25) is 0 Å². The molecule has 0 atom stereocenters. The number of hydrogen-bond donors (Lipinski definition) is 0. The summed E-state index contributed by atoms with van der Waals surface area (Å²) in [5.41, 5.74) is 0. The number of furan rings is 1. The van der Waals surface area contributed by atoms with Crippen LogP contribution in [0.5, 0.6) is 0 Å². The third-order valence-corrected chi connectivity index (χ3v) is 2.00. The molecule has 0 aliphatic heterocycles. The van der Waals surface area contributed by atoms with E-state index in [-0.39, 0.29) is 0 Å². The third kappa shape index (κ3) is 3.82. The Labute approximate surface area is 86.7 Å². The van der Waals surface area contributed by atoms with Gasteiger partial charge in [0, 0.05) is 35.4 Å². The highest BCUT2D eigenvalue weighted by molar-refractivity contribution is 14.1. The van der Waals surface area contributed by atoms with Gasteiger partial charge < -0.3 is 4.42 Å². The molecule has 0 saturated heterocycles. The first-order chi connectivity index (χ1) is 5.93. The smallest absolute Gasteiger partial charge is 0.103 e. The zero-order valence-electron chi connectivity index (χ0n) is 6.85. The summed E-state index contributed by atoms with van der Waals surface area (Å²) in [7, 11) is 0. The maximum atomic E-state index is 5.20. The van der Waals surface area contributed by atoms with E-state index in [4.69, 9.17) is 4.42 Å². The van der Waals surface area contributed by atoms with Crippen LogP contribution in [-0.4, -0.2) is 0 Å². The predicted octanol–water partition coefficient (Wildman–Crippen LogP) is 3.39. The minimum absolute atomic E-state index is 1.00. The van der Waals surface area contributed by atoms with Gasteiger partial charge in [0.2, 0.25) is 0 Å². The van der Waals surface area contributed by atoms with Crippen molar-refractivity contribution >= 4 is 22.6 Å². The molecule has 0 spiro atoms. The maximum Gasteiger partial charge on any atom is 0.103 e. The number of unbranched alkanes of at least 4 members (excludes halogenated alkanes) is 2. The van der Waals surface area contributed by atoms with Crippen molar-refractivity contribution in [1.82, 2.24) is 0 Å². The Morgan fingerprint density at radius 3 is 3.00 bits per heavy atom. The second kappa shape index (κ2) is 6.13. The summed E-state index contributed by atoms with van der Waals surface area (Å²) in [6.07, 6.45) is 6.09. The molecule has 1 aromatic rings. The Morgan fingerprint density at radius 2 is 2.33 bits per heavy atom. The van der Waals surface area contributed by atoms with Crippen LogP contribution in [0.25, 0.3) is 0 Å². The fourth-order valence-electron chi connectivity index (χ4n) is 1.01. The van der Waals surface area contributed by atoms with E-state index in [0.29, 0.717) is 0 Å². The Morgan fingerprint density at radius 1 is 1.42 bits per heavy atom. The Hall–Kier alpha value is -0.430. The van der Waals surface area contributed by atoms with Crippen molar-refractivity contribution < 1.29 is 4.42 Å². The highest BCUT2D eigenvalue weighted by Crippen LogP contribution is 2.06. The summed E-state index contributed by atoms with van der Waals surface area (Å²) < 4.78 is 8.06. The molecule has 0 unspecified atom stereocenters. The molecule has 2 heteroatoms. The monoisotopic (exact) mass is 274 g/mol. The quantitative estimate of drug-likeness (QED) is 0.466. The van der Waals surface area contributed by atoms with E-state index in [2.05, 4.69) is 32.4 Å². The number of hydrogen-bond acceptors (Lipinski definition) is 1. The van der Waals surface area contributed by atoms with Gasteiger partial charge in [-0.15, -0.1) is 0 Å². The Kier molecular flexibility index (Phi) is 4.93. The molecule has 0 bridgehead atoms. The van der Waals surface area contributed by atoms with Crippen LogP contribution in [0.1, 0.15) is 25.0 Å². The summed E-state index contributed by atoms with van der Waals surface area (Å²) >= 11 is 2.07. The average Bonchev–Trinajstić information content (AvgIpc) is 2.57. The molecule has 1 rings (SSSR count). The van der Waals surface area contributed by atoms with Gasteiger partial charge >= 0.3 is 0 Å². The van der Waals surface area contributed by atoms with E-state index in [1.807, 2.05) is 12.1 Å². The lowest BCUT2D eigenvalue weighted by Crippen LogP contribution is -1.81. The minimum Gasteiger partial charge on any atom is -0.469 e. The van der Waals surface area contributed by atoms with Crippen molar-refractivity contribution in [3.8, 4) is 9.85 Å². The fourth-order valence-corrected chi connectivity index (χ4v) is 1.28. The SMILES string of the molecule is IC#CCCCCc1ccco1. The first kappa shape index (κ1) is 9.66. The van der Waals surface area contributed by atoms with Gasteiger partial charge in [0.25, 0.3) is 0 Å². The fraction of sp³-hybridized carbons (Fsp3) is 0.400. The highest BCUT2D eigenvalue weighted by Gasteiger charge is 1.93. The number of aryl methyl sites for hydroxylation is 1. The van der Waals surface area contributed by atoms with Crippen LogP contribution in [0, 0.1) is 9.85 Å². The molecule has 0 fully saturated rings. The normalized spacial score (nSPS) is 9.08. The topological polar surface area (TPSA) is 13.1 Å². The van der Waals surface area contributed by atoms with Crippen LogP contribution in [0.3, 0.4) is 0 Å². The molecule has 0 amide bonds. The van der Waals surface area contributed by atoms with E-state index in [0.717, 1.165) is 25.0 Å². The van der Waals surface area contributed by atoms with Crippen molar-refractivity contribution in [2.45, 2.75) is 25.7 Å². The summed E-state index contributed by atoms with van der Waals surface area (Å²) in [5.74, 6) is 4.12. The van der Waals surface area contributed by atoms with E-state index < -0.39 is 0 Å². The van der Waals surface area contributed by atoms with Crippen molar-refractivity contribution in [3.63, 3.8) is 0 Å². The molecule has 1 aromatic heterocycles. The van der Waals surface area contributed by atoms with Crippen LogP contribution >= 0.6 is 22.6 Å². The Bertz CT molecular complexity index is 253. The van der Waals surface area contributed by atoms with Crippen LogP contribution in [-0.2, 0) is 6.42 Å². The lowest BCUT2D eigenvalue weighted by atomic mass is 10.2. The minimum atomic E-state index is 1.00. The van der Waals surface area contributed by atoms with Crippen molar-refractivity contribution in [2.75, 3.05) is 0 Å². The second-order valence-corrected chi connectivity index (χ2v) is 3.10. The van der Waals surface area contributed by atoms with Gasteiger partial charge in [0.1, 0.15) is 5.76 Å². The van der Waals surface area contributed by atoms with E-state index in [1.54, 1.807) is 6.26 Å². The third-order valence-electron chi connectivity index (χ3n) is 1.62. The molecule has 0 N–H and O–H groups in total. The first-order valence-corrected chi connectivity index (χ1v) is 5.12. The lowest BCUT2D eigenvalue weighted by molar-refractivity contribution is 0.499. The number of rotatable bonds is 4. The largest absolute Gasteiger partial charge is 0.469 e. The summed E-state index contributed by atoms with van der Waals surface area (Å²) in [6.45, 7) is 0. The van der Waals surface area contributed by atoms with Crippen LogP contribution in [0.15, 0.2) is 22.8 Å². The van der Waals surface area contributed by atoms with Gasteiger partial charge in [-0.05, 0) is 28.9 Å². The van der Waals surface area contributed by atoms with E-state index >= 15 is 0 Å². The summed E-state index contributed by atoms with van der Waals surface area (Å²) in [5, 5.41) is 0. The molecular weight excluding hydrogens is 263 g/mol. The molecule has 64 valence electrons. The number of halogens is 1. The molecule has 0 aromatic carbocycles. The molecular formula is C10H11IO. The van der Waals surface area contributed by atoms with Crippen molar-refractivity contribution in [2.24, 2.45) is 0 Å². The molecule has 0 radical (unpaired) electrons. The van der Waals surface area contributed by atoms with Gasteiger partial charge in [0.05, 0.1) is 6.26 Å².